The van der Waals surface area contributed by atoms with Gasteiger partial charge >= 0.3 is 0 Å². The summed E-state index contributed by atoms with van der Waals surface area (Å²) in [5.41, 5.74) is 1.75. The maximum absolute atomic E-state index is 12.2. The van der Waals surface area contributed by atoms with Crippen LogP contribution in [0.25, 0.3) is 0 Å². The molecule has 0 saturated carbocycles. The number of hydrogen-bond donors (Lipinski definition) is 2. The van der Waals surface area contributed by atoms with Crippen LogP contribution in [-0.4, -0.2) is 31.0 Å². The minimum absolute atomic E-state index is 0.0686. The van der Waals surface area contributed by atoms with Crippen molar-refractivity contribution in [3.63, 3.8) is 0 Å². The SMILES string of the molecule is CC[NH+](CC(=O)Nc1ccc(OC)cc1)Cc1ccc([N+](=O)[O-])cc1. The highest BCUT2D eigenvalue weighted by Gasteiger charge is 2.14. The summed E-state index contributed by atoms with van der Waals surface area (Å²) in [5.74, 6) is 0.654. The molecular weight excluding hydrogens is 322 g/mol. The molecule has 7 heteroatoms. The number of likely N-dealkylation sites (N-methyl/N-ethyl adjacent to an activating group) is 1. The van der Waals surface area contributed by atoms with Gasteiger partial charge in [0.05, 0.1) is 18.6 Å². The number of nitrogens with one attached hydrogen (secondary N) is 2. The third-order valence-corrected chi connectivity index (χ3v) is 3.89. The maximum atomic E-state index is 12.2. The highest BCUT2D eigenvalue weighted by atomic mass is 16.6. The summed E-state index contributed by atoms with van der Waals surface area (Å²) in [4.78, 5) is 23.6. The van der Waals surface area contributed by atoms with Crippen molar-refractivity contribution in [3.05, 3.63) is 64.2 Å². The van der Waals surface area contributed by atoms with Gasteiger partial charge < -0.3 is 15.0 Å². The second-order valence-electron chi connectivity index (χ2n) is 5.66. The van der Waals surface area contributed by atoms with Gasteiger partial charge in [0.15, 0.2) is 6.54 Å². The smallest absolute Gasteiger partial charge is 0.279 e. The Morgan fingerprint density at radius 3 is 2.32 bits per heavy atom. The van der Waals surface area contributed by atoms with Gasteiger partial charge in [-0.25, -0.2) is 0 Å². The van der Waals surface area contributed by atoms with E-state index in [9.17, 15) is 14.9 Å². The molecule has 25 heavy (non-hydrogen) atoms. The van der Waals surface area contributed by atoms with Gasteiger partial charge in [-0.1, -0.05) is 0 Å². The van der Waals surface area contributed by atoms with Crippen LogP contribution in [0, 0.1) is 10.1 Å². The Balaban J connectivity index is 1.91. The summed E-state index contributed by atoms with van der Waals surface area (Å²) in [6, 6.07) is 13.6. The first-order chi connectivity index (χ1) is 12.0. The van der Waals surface area contributed by atoms with Crippen LogP contribution in [0.1, 0.15) is 12.5 Å². The molecule has 0 aliphatic heterocycles. The molecule has 0 saturated heterocycles. The van der Waals surface area contributed by atoms with E-state index in [-0.39, 0.29) is 11.6 Å². The minimum atomic E-state index is -0.420. The maximum Gasteiger partial charge on any atom is 0.279 e. The first kappa shape index (κ1) is 18.4. The average Bonchev–Trinajstić information content (AvgIpc) is 2.62. The van der Waals surface area contributed by atoms with Crippen LogP contribution in [-0.2, 0) is 11.3 Å². The number of methoxy groups -OCH3 is 1. The van der Waals surface area contributed by atoms with Crippen molar-refractivity contribution in [3.8, 4) is 5.75 Å². The molecule has 0 bridgehead atoms. The summed E-state index contributed by atoms with van der Waals surface area (Å²) >= 11 is 0. The van der Waals surface area contributed by atoms with Crippen molar-refractivity contribution >= 4 is 17.3 Å². The van der Waals surface area contributed by atoms with Gasteiger partial charge in [0.1, 0.15) is 12.3 Å². The molecule has 0 heterocycles. The van der Waals surface area contributed by atoms with Crippen LogP contribution in [0.2, 0.25) is 0 Å². The van der Waals surface area contributed by atoms with Crippen molar-refractivity contribution in [1.29, 1.82) is 0 Å². The lowest BCUT2D eigenvalue weighted by molar-refractivity contribution is -0.903. The summed E-state index contributed by atoms with van der Waals surface area (Å²) in [5, 5.41) is 13.6. The number of carbonyl (C=O) groups excluding carboxylic acids is 1. The molecule has 2 rings (SSSR count). The summed E-state index contributed by atoms with van der Waals surface area (Å²) in [6.07, 6.45) is 0. The number of nitrogens with zero attached hydrogens (tertiary/aromatic N) is 1. The van der Waals surface area contributed by atoms with Crippen molar-refractivity contribution in [2.45, 2.75) is 13.5 Å². The number of quaternary nitrogens is 1. The Morgan fingerprint density at radius 1 is 1.16 bits per heavy atom. The minimum Gasteiger partial charge on any atom is -0.497 e. The molecule has 0 aliphatic rings. The van der Waals surface area contributed by atoms with Gasteiger partial charge in [0, 0.05) is 23.4 Å². The van der Waals surface area contributed by atoms with E-state index in [1.54, 1.807) is 43.5 Å². The lowest BCUT2D eigenvalue weighted by Crippen LogP contribution is -3.11. The van der Waals surface area contributed by atoms with E-state index < -0.39 is 4.92 Å². The van der Waals surface area contributed by atoms with Gasteiger partial charge in [-0.15, -0.1) is 0 Å². The molecule has 1 unspecified atom stereocenters. The number of rotatable bonds is 8. The molecule has 0 aromatic heterocycles. The molecule has 0 radical (unpaired) electrons. The molecule has 2 aromatic carbocycles. The standard InChI is InChI=1S/C18H21N3O4/c1-3-20(12-14-4-8-16(9-5-14)21(23)24)13-18(22)19-15-6-10-17(25-2)11-7-15/h4-11H,3,12-13H2,1-2H3,(H,19,22)/p+1. The fraction of sp³-hybridized carbons (Fsp3) is 0.278. The third kappa shape index (κ3) is 5.58. The zero-order valence-electron chi connectivity index (χ0n) is 14.3. The number of nitro groups is 1. The van der Waals surface area contributed by atoms with Gasteiger partial charge in [-0.3, -0.25) is 14.9 Å². The van der Waals surface area contributed by atoms with Crippen LogP contribution in [0.5, 0.6) is 5.75 Å². The average molecular weight is 344 g/mol. The predicted molar refractivity (Wildman–Crippen MR) is 94.8 cm³/mol. The van der Waals surface area contributed by atoms with E-state index in [0.717, 1.165) is 28.4 Å². The topological polar surface area (TPSA) is 85.9 Å². The normalized spacial score (nSPS) is 11.6. The molecule has 132 valence electrons. The highest BCUT2D eigenvalue weighted by Crippen LogP contribution is 2.14. The first-order valence-corrected chi connectivity index (χ1v) is 8.02. The Bertz CT molecular complexity index is 714. The van der Waals surface area contributed by atoms with Gasteiger partial charge in [-0.05, 0) is 43.3 Å². The molecule has 0 spiro atoms. The number of ether oxygens (including phenoxy) is 1. The lowest BCUT2D eigenvalue weighted by Gasteiger charge is -2.17. The fourth-order valence-corrected chi connectivity index (χ4v) is 2.44. The number of non-ortho nitro benzene ring substituents is 1. The van der Waals surface area contributed by atoms with E-state index in [1.807, 2.05) is 6.92 Å². The second kappa shape index (κ2) is 8.79. The number of amides is 1. The van der Waals surface area contributed by atoms with Crippen LogP contribution < -0.4 is 15.0 Å². The van der Waals surface area contributed by atoms with Gasteiger partial charge in [-0.2, -0.15) is 0 Å². The number of hydrogen-bond acceptors (Lipinski definition) is 4. The van der Waals surface area contributed by atoms with E-state index in [1.165, 1.54) is 12.1 Å². The first-order valence-electron chi connectivity index (χ1n) is 8.02. The lowest BCUT2D eigenvalue weighted by atomic mass is 10.2. The van der Waals surface area contributed by atoms with Gasteiger partial charge in [0.25, 0.3) is 11.6 Å². The zero-order chi connectivity index (χ0) is 18.2. The predicted octanol–water partition coefficient (Wildman–Crippen LogP) is 1.65. The number of anilines is 1. The molecular formula is C18H22N3O4+. The van der Waals surface area contributed by atoms with E-state index >= 15 is 0 Å². The summed E-state index contributed by atoms with van der Waals surface area (Å²) < 4.78 is 5.09. The number of nitro benzene ring substituents is 1. The third-order valence-electron chi connectivity index (χ3n) is 3.89. The van der Waals surface area contributed by atoms with Crippen molar-refractivity contribution in [2.75, 3.05) is 25.5 Å². The summed E-state index contributed by atoms with van der Waals surface area (Å²) in [6.45, 7) is 3.72. The second-order valence-corrected chi connectivity index (χ2v) is 5.66. The Kier molecular flexibility index (Phi) is 6.47. The largest absolute Gasteiger partial charge is 0.497 e. The fourth-order valence-electron chi connectivity index (χ4n) is 2.44. The summed E-state index contributed by atoms with van der Waals surface area (Å²) in [7, 11) is 1.59. The van der Waals surface area contributed by atoms with Crippen LogP contribution >= 0.6 is 0 Å². The van der Waals surface area contributed by atoms with Crippen LogP contribution in [0.4, 0.5) is 11.4 Å². The van der Waals surface area contributed by atoms with E-state index in [4.69, 9.17) is 4.74 Å². The quantitative estimate of drug-likeness (QED) is 0.563. The van der Waals surface area contributed by atoms with Gasteiger partial charge in [0.2, 0.25) is 0 Å². The number of carbonyl (C=O) groups is 1. The number of benzene rings is 2. The van der Waals surface area contributed by atoms with Crippen molar-refractivity contribution < 1.29 is 19.4 Å². The Morgan fingerprint density at radius 2 is 1.80 bits per heavy atom. The van der Waals surface area contributed by atoms with Crippen LogP contribution in [0.3, 0.4) is 0 Å². The van der Waals surface area contributed by atoms with E-state index in [2.05, 4.69) is 5.32 Å². The van der Waals surface area contributed by atoms with Crippen molar-refractivity contribution in [2.24, 2.45) is 0 Å². The highest BCUT2D eigenvalue weighted by molar-refractivity contribution is 5.91. The molecule has 7 nitrogen and oxygen atoms in total. The molecule has 0 fully saturated rings. The molecule has 2 N–H and O–H groups in total. The Labute approximate surface area is 146 Å². The van der Waals surface area contributed by atoms with E-state index in [0.29, 0.717) is 13.1 Å². The zero-order valence-corrected chi connectivity index (χ0v) is 14.3. The molecule has 1 atom stereocenters. The van der Waals surface area contributed by atoms with Crippen molar-refractivity contribution in [1.82, 2.24) is 0 Å². The molecule has 0 aliphatic carbocycles. The molecule has 1 amide bonds. The molecule has 2 aromatic rings. The monoisotopic (exact) mass is 344 g/mol. The Hall–Kier alpha value is -2.93. The van der Waals surface area contributed by atoms with Crippen LogP contribution in [0.15, 0.2) is 48.5 Å².